The van der Waals surface area contributed by atoms with E-state index in [9.17, 15) is 0 Å². The molecular weight excluding hydrogens is 477 g/mol. The fraction of sp³-hybridized carbons (Fsp3) is 0.714. The van der Waals surface area contributed by atoms with Crippen LogP contribution in [0.15, 0.2) is 18.6 Å². The molecule has 3 aromatic heterocycles. The quantitative estimate of drug-likeness (QED) is 0.339. The van der Waals surface area contributed by atoms with E-state index >= 15 is 0 Å². The van der Waals surface area contributed by atoms with Gasteiger partial charge in [0.05, 0.1) is 41.3 Å². The Morgan fingerprint density at radius 3 is 1.03 bits per heavy atom. The first-order valence-corrected chi connectivity index (χ1v) is 23.2. The van der Waals surface area contributed by atoms with Gasteiger partial charge in [-0.25, -0.2) is 0 Å². The van der Waals surface area contributed by atoms with E-state index in [4.69, 9.17) is 0 Å². The van der Waals surface area contributed by atoms with Crippen molar-refractivity contribution in [2.75, 3.05) is 0 Å². The van der Waals surface area contributed by atoms with Gasteiger partial charge in [0, 0.05) is 56.7 Å². The molecule has 0 atom stereocenters. The SMILES string of the molecule is C[Si](C)(C)Cn1cc(CN(Cc2cn(C[Si](C)(C)C)nn2)Cc2cn(C[Si](C)(C)C)nn2)nn1. The Labute approximate surface area is 206 Å². The maximum atomic E-state index is 4.45. The lowest BCUT2D eigenvalue weighted by Gasteiger charge is -2.19. The summed E-state index contributed by atoms with van der Waals surface area (Å²) in [5.74, 6) is 0. The van der Waals surface area contributed by atoms with Crippen LogP contribution in [0.2, 0.25) is 58.9 Å². The summed E-state index contributed by atoms with van der Waals surface area (Å²) in [5.41, 5.74) is 2.88. The third-order valence-electron chi connectivity index (χ3n) is 4.82. The second-order valence-corrected chi connectivity index (χ2v) is 29.4. The molecule has 3 heterocycles. The number of nitrogens with zero attached hydrogens (tertiary/aromatic N) is 10. The van der Waals surface area contributed by atoms with Gasteiger partial charge >= 0.3 is 0 Å². The van der Waals surface area contributed by atoms with E-state index in [-0.39, 0.29) is 0 Å². The molecule has 3 rings (SSSR count). The molecule has 10 nitrogen and oxygen atoms in total. The first-order valence-electron chi connectivity index (χ1n) is 12.0. The standard InChI is InChI=1S/C21H42N10Si3/c1-32(2,3)16-29-13-19(22-25-29)10-28(11-20-14-30(26-23-20)17-33(4,5)6)12-21-15-31(27-24-21)18-34(7,8)9/h13-15H,10-12,16-18H2,1-9H3. The van der Waals surface area contributed by atoms with E-state index in [0.717, 1.165) is 35.6 Å². The normalized spacial score (nSPS) is 13.2. The molecule has 0 saturated heterocycles. The molecule has 3 aromatic rings. The summed E-state index contributed by atoms with van der Waals surface area (Å²) < 4.78 is 5.98. The Morgan fingerprint density at radius 1 is 0.529 bits per heavy atom. The Bertz CT molecular complexity index is 918. The van der Waals surface area contributed by atoms with Crippen LogP contribution in [0.25, 0.3) is 0 Å². The number of hydrogen-bond acceptors (Lipinski definition) is 7. The van der Waals surface area contributed by atoms with Crippen LogP contribution < -0.4 is 0 Å². The van der Waals surface area contributed by atoms with Gasteiger partial charge in [0.25, 0.3) is 0 Å². The van der Waals surface area contributed by atoms with Gasteiger partial charge in [0.2, 0.25) is 0 Å². The zero-order valence-corrected chi connectivity index (χ0v) is 25.4. The van der Waals surface area contributed by atoms with Crippen molar-refractivity contribution in [3.05, 3.63) is 35.7 Å². The first kappa shape index (κ1) is 26.6. The van der Waals surface area contributed by atoms with Crippen LogP contribution in [0.3, 0.4) is 0 Å². The summed E-state index contributed by atoms with van der Waals surface area (Å²) in [5, 5.41) is 26.5. The van der Waals surface area contributed by atoms with Gasteiger partial charge in [-0.1, -0.05) is 74.6 Å². The Kier molecular flexibility index (Phi) is 8.10. The summed E-state index contributed by atoms with van der Waals surface area (Å²) in [7, 11) is -3.81. The van der Waals surface area contributed by atoms with Crippen LogP contribution in [0.1, 0.15) is 17.1 Å². The Hall–Kier alpha value is -1.97. The molecule has 0 aliphatic heterocycles. The molecule has 0 saturated carbocycles. The van der Waals surface area contributed by atoms with E-state index in [2.05, 4.69) is 113 Å². The molecule has 0 unspecified atom stereocenters. The second-order valence-electron chi connectivity index (χ2n) is 13.0. The van der Waals surface area contributed by atoms with E-state index < -0.39 is 24.2 Å². The smallest absolute Gasteiger partial charge is 0.0967 e. The van der Waals surface area contributed by atoms with Gasteiger partial charge in [-0.3, -0.25) is 18.9 Å². The molecule has 0 aliphatic rings. The highest BCUT2D eigenvalue weighted by molar-refractivity contribution is 6.75. The Morgan fingerprint density at radius 2 is 0.794 bits per heavy atom. The van der Waals surface area contributed by atoms with Crippen molar-refractivity contribution in [2.24, 2.45) is 0 Å². The molecule has 0 radical (unpaired) electrons. The fourth-order valence-electron chi connectivity index (χ4n) is 3.78. The van der Waals surface area contributed by atoms with E-state index in [0.29, 0.717) is 19.6 Å². The minimum atomic E-state index is -1.27. The van der Waals surface area contributed by atoms with Crippen LogP contribution in [-0.4, -0.2) is 74.1 Å². The summed E-state index contributed by atoms with van der Waals surface area (Å²) >= 11 is 0. The van der Waals surface area contributed by atoms with Gasteiger partial charge in [0.1, 0.15) is 0 Å². The minimum Gasteiger partial charge on any atom is -0.285 e. The average Bonchev–Trinajstić information content (AvgIpc) is 3.34. The highest BCUT2D eigenvalue weighted by atomic mass is 28.3. The largest absolute Gasteiger partial charge is 0.285 e. The predicted molar refractivity (Wildman–Crippen MR) is 143 cm³/mol. The third-order valence-corrected chi connectivity index (χ3v) is 8.64. The third kappa shape index (κ3) is 9.35. The van der Waals surface area contributed by atoms with Crippen LogP contribution >= 0.6 is 0 Å². The van der Waals surface area contributed by atoms with Crippen LogP contribution in [0.5, 0.6) is 0 Å². The zero-order valence-electron chi connectivity index (χ0n) is 22.4. The monoisotopic (exact) mass is 518 g/mol. The zero-order chi connectivity index (χ0) is 25.1. The molecule has 0 spiro atoms. The fourth-order valence-corrected chi connectivity index (χ4v) is 7.16. The molecule has 34 heavy (non-hydrogen) atoms. The predicted octanol–water partition coefficient (Wildman–Crippen LogP) is 3.30. The van der Waals surface area contributed by atoms with Crippen molar-refractivity contribution in [3.63, 3.8) is 0 Å². The van der Waals surface area contributed by atoms with Gasteiger partial charge in [0.15, 0.2) is 0 Å². The summed E-state index contributed by atoms with van der Waals surface area (Å²) in [4.78, 5) is 2.30. The first-order chi connectivity index (χ1) is 15.6. The van der Waals surface area contributed by atoms with Crippen molar-refractivity contribution in [3.8, 4) is 0 Å². The lowest BCUT2D eigenvalue weighted by atomic mass is 10.3. The van der Waals surface area contributed by atoms with Crippen LogP contribution in [0.4, 0.5) is 0 Å². The maximum absolute atomic E-state index is 4.45. The van der Waals surface area contributed by atoms with Gasteiger partial charge in [-0.15, -0.1) is 15.3 Å². The van der Waals surface area contributed by atoms with Crippen molar-refractivity contribution < 1.29 is 0 Å². The molecule has 0 aliphatic carbocycles. The van der Waals surface area contributed by atoms with E-state index in [1.807, 2.05) is 14.0 Å². The highest BCUT2D eigenvalue weighted by Gasteiger charge is 2.20. The van der Waals surface area contributed by atoms with Gasteiger partial charge < -0.3 is 0 Å². The molecule has 0 fully saturated rings. The molecule has 0 bridgehead atoms. The van der Waals surface area contributed by atoms with Crippen molar-refractivity contribution >= 4 is 24.2 Å². The molecular formula is C21H42N10Si3. The topological polar surface area (TPSA) is 95.4 Å². The molecule has 188 valence electrons. The van der Waals surface area contributed by atoms with Gasteiger partial charge in [-0.2, -0.15) is 0 Å². The lowest BCUT2D eigenvalue weighted by molar-refractivity contribution is 0.238. The van der Waals surface area contributed by atoms with Crippen molar-refractivity contribution in [2.45, 2.75) is 97.1 Å². The van der Waals surface area contributed by atoms with Crippen LogP contribution in [0, 0.1) is 0 Å². The number of hydrogen-bond donors (Lipinski definition) is 0. The molecule has 13 heteroatoms. The Balaban J connectivity index is 1.75. The minimum absolute atomic E-state index is 0.674. The molecule has 0 amide bonds. The molecule has 0 N–H and O–H groups in total. The summed E-state index contributed by atoms with van der Waals surface area (Å²) in [6, 6.07) is 0. The van der Waals surface area contributed by atoms with Crippen molar-refractivity contribution in [1.82, 2.24) is 49.9 Å². The lowest BCUT2D eigenvalue weighted by Crippen LogP contribution is -2.28. The average molecular weight is 519 g/mol. The number of rotatable bonds is 12. The molecule has 0 aromatic carbocycles. The summed E-state index contributed by atoms with van der Waals surface area (Å²) in [6.45, 7) is 23.1. The van der Waals surface area contributed by atoms with E-state index in [1.165, 1.54) is 0 Å². The highest BCUT2D eigenvalue weighted by Crippen LogP contribution is 2.13. The van der Waals surface area contributed by atoms with E-state index in [1.54, 1.807) is 0 Å². The second kappa shape index (κ2) is 10.3. The number of aromatic nitrogens is 9. The summed E-state index contributed by atoms with van der Waals surface area (Å²) in [6.07, 6.45) is 9.14. The van der Waals surface area contributed by atoms with Crippen LogP contribution in [-0.2, 0) is 38.1 Å². The van der Waals surface area contributed by atoms with Crippen molar-refractivity contribution in [1.29, 1.82) is 0 Å². The maximum Gasteiger partial charge on any atom is 0.0967 e. The van der Waals surface area contributed by atoms with Gasteiger partial charge in [-0.05, 0) is 0 Å².